The van der Waals surface area contributed by atoms with E-state index in [4.69, 9.17) is 11.6 Å². The highest BCUT2D eigenvalue weighted by molar-refractivity contribution is 9.10. The quantitative estimate of drug-likeness (QED) is 0.196. The fraction of sp³-hybridized carbons (Fsp3) is 0.208. The Balaban J connectivity index is 2.10. The number of carbonyl (C=O) groups is 2. The lowest BCUT2D eigenvalue weighted by Crippen LogP contribution is -2.59. The summed E-state index contributed by atoms with van der Waals surface area (Å²) in [6.45, 7) is 0. The maximum atomic E-state index is 15.1. The minimum Gasteiger partial charge on any atom is -0.320 e. The van der Waals surface area contributed by atoms with Crippen molar-refractivity contribution in [2.75, 3.05) is 10.6 Å². The van der Waals surface area contributed by atoms with Crippen molar-refractivity contribution in [3.8, 4) is 0 Å². The molecule has 1 aromatic heterocycles. The highest BCUT2D eigenvalue weighted by Crippen LogP contribution is 2.59. The molecule has 0 fully saturated rings. The molecule has 44 heavy (non-hydrogen) atoms. The van der Waals surface area contributed by atoms with Crippen LogP contribution in [0.4, 0.5) is 68.5 Å². The number of carbonyl (C=O) groups excluding carboxylic acids is 2. The molecule has 1 unspecified atom stereocenters. The van der Waals surface area contributed by atoms with Gasteiger partial charge in [0.2, 0.25) is 0 Å². The third-order valence-electron chi connectivity index (χ3n) is 5.71. The van der Waals surface area contributed by atoms with Gasteiger partial charge in [-0.05, 0) is 52.3 Å². The highest BCUT2D eigenvalue weighted by atomic mass is 79.9. The summed E-state index contributed by atoms with van der Waals surface area (Å²) in [4.78, 5) is 28.8. The maximum absolute atomic E-state index is 15.1. The van der Waals surface area contributed by atoms with Crippen LogP contribution in [0, 0.1) is 5.82 Å². The first-order valence-corrected chi connectivity index (χ1v) is 12.2. The fourth-order valence-corrected chi connectivity index (χ4v) is 4.37. The standard InChI is InChI=1S/C24H10BrClF13N3O2/c25-13-8-9(20(28,23(34,35)36)22(32,33)24(37,38)39)7-12(21(29,30)31)16(13)42-18(43)10-3-1-5-14(15(10)27)41-19(44)11-4-2-6-40-17(11)26/h1-8H,(H,41,44)(H,42,43). The number of alkyl halides is 12. The molecule has 2 N–H and O–H groups in total. The average molecular weight is 735 g/mol. The number of aromatic nitrogens is 1. The Morgan fingerprint density at radius 2 is 1.34 bits per heavy atom. The summed E-state index contributed by atoms with van der Waals surface area (Å²) < 4.78 is 177. The lowest BCUT2D eigenvalue weighted by Gasteiger charge is -2.36. The molecule has 0 radical (unpaired) electrons. The van der Waals surface area contributed by atoms with Crippen LogP contribution in [-0.4, -0.2) is 35.1 Å². The van der Waals surface area contributed by atoms with E-state index in [1.54, 1.807) is 0 Å². The molecule has 0 aliphatic carbocycles. The molecule has 0 bridgehead atoms. The number of rotatable bonds is 6. The first-order chi connectivity index (χ1) is 19.9. The summed E-state index contributed by atoms with van der Waals surface area (Å²) in [5, 5.41) is 3.15. The van der Waals surface area contributed by atoms with Gasteiger partial charge in [0, 0.05) is 16.2 Å². The summed E-state index contributed by atoms with van der Waals surface area (Å²) in [5.74, 6) is -11.7. The van der Waals surface area contributed by atoms with Crippen molar-refractivity contribution in [3.05, 3.63) is 86.4 Å². The first kappa shape index (κ1) is 34.9. The Morgan fingerprint density at radius 3 is 1.86 bits per heavy atom. The molecule has 3 rings (SSSR count). The van der Waals surface area contributed by atoms with Gasteiger partial charge in [-0.15, -0.1) is 0 Å². The maximum Gasteiger partial charge on any atom is 0.457 e. The molecular formula is C24H10BrClF13N3O2. The van der Waals surface area contributed by atoms with Gasteiger partial charge in [-0.25, -0.2) is 13.8 Å². The molecule has 0 saturated heterocycles. The summed E-state index contributed by atoms with van der Waals surface area (Å²) in [5.41, 5.74) is -15.8. The summed E-state index contributed by atoms with van der Waals surface area (Å²) in [7, 11) is 0. The van der Waals surface area contributed by atoms with Crippen LogP contribution in [0.15, 0.2) is 53.1 Å². The molecule has 3 aromatic rings. The number of nitrogens with zero attached hydrogens (tertiary/aromatic N) is 1. The number of anilines is 2. The number of benzene rings is 2. The molecule has 0 saturated carbocycles. The van der Waals surface area contributed by atoms with Gasteiger partial charge in [0.1, 0.15) is 5.15 Å². The molecule has 20 heteroatoms. The molecule has 0 aliphatic rings. The van der Waals surface area contributed by atoms with Crippen molar-refractivity contribution >= 4 is 50.7 Å². The van der Waals surface area contributed by atoms with E-state index in [1.807, 2.05) is 5.32 Å². The van der Waals surface area contributed by atoms with E-state index in [-0.39, 0.29) is 10.7 Å². The molecule has 2 aromatic carbocycles. The van der Waals surface area contributed by atoms with Crippen LogP contribution >= 0.6 is 27.5 Å². The van der Waals surface area contributed by atoms with Gasteiger partial charge in [-0.1, -0.05) is 17.7 Å². The number of hydrogen-bond acceptors (Lipinski definition) is 3. The smallest absolute Gasteiger partial charge is 0.320 e. The van der Waals surface area contributed by atoms with E-state index in [0.29, 0.717) is 6.07 Å². The topological polar surface area (TPSA) is 71.1 Å². The second-order valence-electron chi connectivity index (χ2n) is 8.52. The molecule has 5 nitrogen and oxygen atoms in total. The summed E-state index contributed by atoms with van der Waals surface area (Å²) in [6.07, 6.45) is -19.1. The number of pyridine rings is 1. The minimum absolute atomic E-state index is 0.263. The Bertz CT molecular complexity index is 1610. The first-order valence-electron chi connectivity index (χ1n) is 11.1. The Kier molecular flexibility index (Phi) is 9.29. The molecule has 0 aliphatic heterocycles. The van der Waals surface area contributed by atoms with Crippen LogP contribution in [0.3, 0.4) is 0 Å². The minimum atomic E-state index is -7.29. The van der Waals surface area contributed by atoms with Crippen LogP contribution in [0.25, 0.3) is 0 Å². The Hall–Kier alpha value is -3.61. The van der Waals surface area contributed by atoms with Gasteiger partial charge in [0.15, 0.2) is 5.82 Å². The van der Waals surface area contributed by atoms with Gasteiger partial charge < -0.3 is 10.6 Å². The molecule has 0 spiro atoms. The molecule has 238 valence electrons. The van der Waals surface area contributed by atoms with Crippen molar-refractivity contribution in [1.82, 2.24) is 4.98 Å². The van der Waals surface area contributed by atoms with Crippen LogP contribution in [0.2, 0.25) is 5.15 Å². The predicted octanol–water partition coefficient (Wildman–Crippen LogP) is 9.08. The monoisotopic (exact) mass is 733 g/mol. The van der Waals surface area contributed by atoms with E-state index in [0.717, 1.165) is 12.1 Å². The highest BCUT2D eigenvalue weighted by Gasteiger charge is 2.82. The predicted molar refractivity (Wildman–Crippen MR) is 131 cm³/mol. The van der Waals surface area contributed by atoms with Crippen molar-refractivity contribution in [1.29, 1.82) is 0 Å². The van der Waals surface area contributed by atoms with E-state index >= 15 is 4.39 Å². The third-order valence-corrected chi connectivity index (χ3v) is 6.63. The van der Waals surface area contributed by atoms with Crippen LogP contribution in [0.1, 0.15) is 31.8 Å². The molecule has 1 heterocycles. The van der Waals surface area contributed by atoms with E-state index in [1.165, 1.54) is 23.6 Å². The number of hydrogen-bond donors (Lipinski definition) is 2. The average Bonchev–Trinajstić information content (AvgIpc) is 2.88. The van der Waals surface area contributed by atoms with E-state index < -0.39 is 92.4 Å². The van der Waals surface area contributed by atoms with Gasteiger partial charge in [-0.2, -0.15) is 48.3 Å². The van der Waals surface area contributed by atoms with E-state index in [2.05, 4.69) is 20.9 Å². The zero-order valence-corrected chi connectivity index (χ0v) is 22.9. The van der Waals surface area contributed by atoms with E-state index in [9.17, 15) is 62.3 Å². The molecule has 2 amide bonds. The van der Waals surface area contributed by atoms with Gasteiger partial charge >= 0.3 is 30.1 Å². The van der Waals surface area contributed by atoms with Gasteiger partial charge in [-0.3, -0.25) is 9.59 Å². The number of nitrogens with one attached hydrogen (secondary N) is 2. The largest absolute Gasteiger partial charge is 0.457 e. The van der Waals surface area contributed by atoms with Crippen molar-refractivity contribution in [2.24, 2.45) is 0 Å². The number of halogens is 15. The normalized spacial score (nSPS) is 14.2. The fourth-order valence-electron chi connectivity index (χ4n) is 3.60. The third kappa shape index (κ3) is 6.29. The van der Waals surface area contributed by atoms with Crippen molar-refractivity contribution < 1.29 is 66.7 Å². The number of amides is 2. The Morgan fingerprint density at radius 1 is 0.773 bits per heavy atom. The lowest BCUT2D eigenvalue weighted by atomic mass is 9.86. The Labute approximate surface area is 249 Å². The zero-order valence-electron chi connectivity index (χ0n) is 20.6. The van der Waals surface area contributed by atoms with Crippen LogP contribution in [-0.2, 0) is 11.8 Å². The van der Waals surface area contributed by atoms with Gasteiger partial charge in [0.05, 0.1) is 28.1 Å². The van der Waals surface area contributed by atoms with Crippen LogP contribution in [0.5, 0.6) is 0 Å². The summed E-state index contributed by atoms with van der Waals surface area (Å²) in [6, 6.07) is 3.48. The van der Waals surface area contributed by atoms with Crippen LogP contribution < -0.4 is 10.6 Å². The van der Waals surface area contributed by atoms with Crippen molar-refractivity contribution in [3.63, 3.8) is 0 Å². The molecule has 1 atom stereocenters. The second kappa shape index (κ2) is 11.7. The van der Waals surface area contributed by atoms with Crippen molar-refractivity contribution in [2.45, 2.75) is 30.1 Å². The zero-order chi connectivity index (χ0) is 33.6. The second-order valence-corrected chi connectivity index (χ2v) is 9.74. The lowest BCUT2D eigenvalue weighted by molar-refractivity contribution is -0.389. The SMILES string of the molecule is O=C(Nc1cccc(C(=O)Nc2c(Br)cc(C(F)(C(F)(F)F)C(F)(F)C(F)(F)F)cc2C(F)(F)F)c1F)c1cccnc1Cl. The van der Waals surface area contributed by atoms with Gasteiger partial charge in [0.25, 0.3) is 11.8 Å². The molecular weight excluding hydrogens is 725 g/mol. The summed E-state index contributed by atoms with van der Waals surface area (Å²) >= 11 is 7.99.